The standard InChI is InChI=1S/C11H10FN5O/c1-5-8(10(14)18)9(13)17-11(16-5)7-3-2-6(12)4-15-7/h2-4H,1H3,(H2,14,18)(H2,13,16,17). The minimum Gasteiger partial charge on any atom is -0.383 e. The molecule has 0 atom stereocenters. The van der Waals surface area contributed by atoms with Crippen LogP contribution in [0.4, 0.5) is 10.2 Å². The van der Waals surface area contributed by atoms with E-state index < -0.39 is 11.7 Å². The Bertz CT molecular complexity index is 588. The molecule has 2 rings (SSSR count). The average Bonchev–Trinajstić information content (AvgIpc) is 2.28. The maximum absolute atomic E-state index is 12.7. The lowest BCUT2D eigenvalue weighted by atomic mass is 10.2. The molecule has 2 heterocycles. The summed E-state index contributed by atoms with van der Waals surface area (Å²) in [5, 5.41) is 0. The zero-order valence-electron chi connectivity index (χ0n) is 9.51. The predicted octanol–water partition coefficient (Wildman–Crippen LogP) is 0.667. The molecule has 4 N–H and O–H groups in total. The highest BCUT2D eigenvalue weighted by Crippen LogP contribution is 2.18. The van der Waals surface area contributed by atoms with E-state index in [2.05, 4.69) is 15.0 Å². The summed E-state index contributed by atoms with van der Waals surface area (Å²) in [6.45, 7) is 1.59. The molecule has 0 bridgehead atoms. The number of carbonyl (C=O) groups is 1. The van der Waals surface area contributed by atoms with Crippen molar-refractivity contribution < 1.29 is 9.18 Å². The number of nitrogens with zero attached hydrogens (tertiary/aromatic N) is 3. The number of rotatable bonds is 2. The normalized spacial score (nSPS) is 10.3. The molecule has 0 aromatic carbocycles. The summed E-state index contributed by atoms with van der Waals surface area (Å²) in [7, 11) is 0. The molecule has 18 heavy (non-hydrogen) atoms. The molecule has 0 aliphatic rings. The van der Waals surface area contributed by atoms with Gasteiger partial charge in [-0.25, -0.2) is 19.3 Å². The van der Waals surface area contributed by atoms with Crippen LogP contribution in [0.25, 0.3) is 11.5 Å². The van der Waals surface area contributed by atoms with Crippen LogP contribution in [0.15, 0.2) is 18.3 Å². The molecule has 0 saturated heterocycles. The monoisotopic (exact) mass is 247 g/mol. The van der Waals surface area contributed by atoms with E-state index in [0.717, 1.165) is 6.20 Å². The van der Waals surface area contributed by atoms with Crippen LogP contribution in [0.3, 0.4) is 0 Å². The van der Waals surface area contributed by atoms with Gasteiger partial charge in [0.2, 0.25) is 0 Å². The number of hydrogen-bond acceptors (Lipinski definition) is 5. The summed E-state index contributed by atoms with van der Waals surface area (Å²) >= 11 is 0. The van der Waals surface area contributed by atoms with E-state index in [-0.39, 0.29) is 17.2 Å². The van der Waals surface area contributed by atoms with E-state index in [0.29, 0.717) is 11.4 Å². The lowest BCUT2D eigenvalue weighted by Crippen LogP contribution is -2.18. The molecule has 2 aromatic heterocycles. The van der Waals surface area contributed by atoms with Crippen LogP contribution in [0, 0.1) is 12.7 Å². The first-order valence-electron chi connectivity index (χ1n) is 5.05. The van der Waals surface area contributed by atoms with Gasteiger partial charge >= 0.3 is 0 Å². The number of pyridine rings is 1. The van der Waals surface area contributed by atoms with Gasteiger partial charge in [-0.3, -0.25) is 4.79 Å². The third-order valence-electron chi connectivity index (χ3n) is 2.32. The SMILES string of the molecule is Cc1nc(-c2ccc(F)cn2)nc(N)c1C(N)=O. The number of halogens is 1. The van der Waals surface area contributed by atoms with Crippen molar-refractivity contribution in [3.63, 3.8) is 0 Å². The van der Waals surface area contributed by atoms with Crippen molar-refractivity contribution in [1.82, 2.24) is 15.0 Å². The van der Waals surface area contributed by atoms with E-state index in [1.165, 1.54) is 12.1 Å². The molecule has 0 fully saturated rings. The van der Waals surface area contributed by atoms with Crippen LogP contribution in [-0.4, -0.2) is 20.9 Å². The molecule has 0 saturated carbocycles. The van der Waals surface area contributed by atoms with Gasteiger partial charge < -0.3 is 11.5 Å². The minimum absolute atomic E-state index is 0.0175. The van der Waals surface area contributed by atoms with E-state index >= 15 is 0 Å². The number of aromatic nitrogens is 3. The van der Waals surface area contributed by atoms with Gasteiger partial charge in [-0.05, 0) is 19.1 Å². The molecule has 7 heteroatoms. The highest BCUT2D eigenvalue weighted by molar-refractivity contribution is 5.98. The van der Waals surface area contributed by atoms with Crippen molar-refractivity contribution in [1.29, 1.82) is 0 Å². The molecule has 0 unspecified atom stereocenters. The number of nitrogens with two attached hydrogens (primary N) is 2. The van der Waals surface area contributed by atoms with Gasteiger partial charge in [0.05, 0.1) is 11.9 Å². The van der Waals surface area contributed by atoms with Crippen LogP contribution in [0.2, 0.25) is 0 Å². The second-order valence-electron chi connectivity index (χ2n) is 3.62. The maximum Gasteiger partial charge on any atom is 0.254 e. The second-order valence-corrected chi connectivity index (χ2v) is 3.62. The first-order chi connectivity index (χ1) is 8.49. The van der Waals surface area contributed by atoms with E-state index in [9.17, 15) is 9.18 Å². The quantitative estimate of drug-likeness (QED) is 0.810. The number of aryl methyl sites for hydroxylation is 1. The molecule has 6 nitrogen and oxygen atoms in total. The number of hydrogen-bond donors (Lipinski definition) is 2. The Morgan fingerprint density at radius 3 is 2.56 bits per heavy atom. The van der Waals surface area contributed by atoms with Crippen molar-refractivity contribution >= 4 is 11.7 Å². The van der Waals surface area contributed by atoms with Crippen molar-refractivity contribution in [2.45, 2.75) is 6.92 Å². The van der Waals surface area contributed by atoms with Gasteiger partial charge in [0.25, 0.3) is 5.91 Å². The zero-order valence-corrected chi connectivity index (χ0v) is 9.51. The Morgan fingerprint density at radius 2 is 2.06 bits per heavy atom. The molecule has 0 aliphatic carbocycles. The minimum atomic E-state index is -0.691. The largest absolute Gasteiger partial charge is 0.383 e. The first kappa shape index (κ1) is 11.9. The van der Waals surface area contributed by atoms with Crippen LogP contribution < -0.4 is 11.5 Å². The van der Waals surface area contributed by atoms with E-state index in [4.69, 9.17) is 11.5 Å². The summed E-state index contributed by atoms with van der Waals surface area (Å²) < 4.78 is 12.7. The summed E-state index contributed by atoms with van der Waals surface area (Å²) in [6, 6.07) is 2.66. The fourth-order valence-electron chi connectivity index (χ4n) is 1.52. The topological polar surface area (TPSA) is 108 Å². The van der Waals surface area contributed by atoms with Gasteiger partial charge in [0.15, 0.2) is 5.82 Å². The van der Waals surface area contributed by atoms with Crippen LogP contribution in [-0.2, 0) is 0 Å². The summed E-state index contributed by atoms with van der Waals surface area (Å²) in [6.07, 6.45) is 1.05. The molecular weight excluding hydrogens is 237 g/mol. The van der Waals surface area contributed by atoms with Crippen molar-refractivity contribution in [3.05, 3.63) is 35.4 Å². The Balaban J connectivity index is 2.54. The highest BCUT2D eigenvalue weighted by Gasteiger charge is 2.15. The molecule has 0 aliphatic heterocycles. The fraction of sp³-hybridized carbons (Fsp3) is 0.0909. The molecule has 1 amide bonds. The number of carbonyl (C=O) groups excluding carboxylic acids is 1. The van der Waals surface area contributed by atoms with Gasteiger partial charge in [0.1, 0.15) is 22.9 Å². The van der Waals surface area contributed by atoms with E-state index in [1.54, 1.807) is 6.92 Å². The molecular formula is C11H10FN5O. The number of anilines is 1. The highest BCUT2D eigenvalue weighted by atomic mass is 19.1. The van der Waals surface area contributed by atoms with Gasteiger partial charge in [-0.2, -0.15) is 0 Å². The Labute approximate surface area is 102 Å². The fourth-order valence-corrected chi connectivity index (χ4v) is 1.52. The number of amides is 1. The Kier molecular flexibility index (Phi) is 2.88. The lowest BCUT2D eigenvalue weighted by molar-refractivity contribution is 0.1000. The molecule has 2 aromatic rings. The third-order valence-corrected chi connectivity index (χ3v) is 2.32. The summed E-state index contributed by atoms with van der Waals surface area (Å²) in [5.74, 6) is -0.952. The maximum atomic E-state index is 12.7. The first-order valence-corrected chi connectivity index (χ1v) is 5.05. The van der Waals surface area contributed by atoms with Crippen LogP contribution in [0.1, 0.15) is 16.1 Å². The van der Waals surface area contributed by atoms with Crippen LogP contribution in [0.5, 0.6) is 0 Å². The lowest BCUT2D eigenvalue weighted by Gasteiger charge is -2.07. The Hall–Kier alpha value is -2.57. The molecule has 92 valence electrons. The zero-order chi connectivity index (χ0) is 13.3. The van der Waals surface area contributed by atoms with Gasteiger partial charge in [0, 0.05) is 0 Å². The van der Waals surface area contributed by atoms with Gasteiger partial charge in [-0.15, -0.1) is 0 Å². The van der Waals surface area contributed by atoms with Gasteiger partial charge in [-0.1, -0.05) is 0 Å². The van der Waals surface area contributed by atoms with Crippen molar-refractivity contribution in [3.8, 4) is 11.5 Å². The average molecular weight is 247 g/mol. The van der Waals surface area contributed by atoms with Crippen molar-refractivity contribution in [2.24, 2.45) is 5.73 Å². The van der Waals surface area contributed by atoms with Crippen molar-refractivity contribution in [2.75, 3.05) is 5.73 Å². The smallest absolute Gasteiger partial charge is 0.254 e. The summed E-state index contributed by atoms with van der Waals surface area (Å²) in [4.78, 5) is 23.0. The van der Waals surface area contributed by atoms with E-state index in [1.807, 2.05) is 0 Å². The predicted molar refractivity (Wildman–Crippen MR) is 62.9 cm³/mol. The summed E-state index contributed by atoms with van der Waals surface area (Å²) in [5.41, 5.74) is 11.6. The number of nitrogen functional groups attached to an aromatic ring is 1. The molecule has 0 radical (unpaired) electrons. The molecule has 0 spiro atoms. The van der Waals surface area contributed by atoms with Crippen LogP contribution >= 0.6 is 0 Å². The third kappa shape index (κ3) is 2.10. The Morgan fingerprint density at radius 1 is 1.33 bits per heavy atom. The number of primary amides is 1. The second kappa shape index (κ2) is 4.36.